The lowest BCUT2D eigenvalue weighted by Gasteiger charge is -2.41. The highest BCUT2D eigenvalue weighted by Crippen LogP contribution is 2.42. The van der Waals surface area contributed by atoms with Crippen LogP contribution in [0.25, 0.3) is 0 Å². The first-order valence-corrected chi connectivity index (χ1v) is 6.49. The number of phenolic OH excluding ortho intramolecular Hbond substituents is 1. The van der Waals surface area contributed by atoms with Crippen molar-refractivity contribution < 1.29 is 24.5 Å². The number of hydrogen-bond donors (Lipinski definition) is 2. The lowest BCUT2D eigenvalue weighted by atomic mass is 9.92. The Hall–Kier alpha value is -2.24. The van der Waals surface area contributed by atoms with Crippen LogP contribution in [0.1, 0.15) is 26.7 Å². The van der Waals surface area contributed by atoms with Gasteiger partial charge in [0.1, 0.15) is 18.0 Å². The Bertz CT molecular complexity index is 550. The SMILES string of the molecule is CCC1(CC)Oc2cc(O)ccc2N(CC(=O)O)C1=O. The standard InChI is InChI=1S/C14H17NO5/c1-3-14(4-2)13(19)15(8-12(17)18)10-6-5-9(16)7-11(10)20-14/h5-7,16H,3-4,8H2,1-2H3,(H,17,18). The first-order chi connectivity index (χ1) is 9.43. The summed E-state index contributed by atoms with van der Waals surface area (Å²) in [7, 11) is 0. The van der Waals surface area contributed by atoms with E-state index < -0.39 is 18.1 Å². The number of benzene rings is 1. The maximum absolute atomic E-state index is 12.6. The number of anilines is 1. The number of carbonyl (C=O) groups is 2. The third kappa shape index (κ3) is 2.17. The topological polar surface area (TPSA) is 87.1 Å². The van der Waals surface area contributed by atoms with Gasteiger partial charge in [-0.2, -0.15) is 0 Å². The number of rotatable bonds is 4. The summed E-state index contributed by atoms with van der Waals surface area (Å²) in [6, 6.07) is 4.28. The fraction of sp³-hybridized carbons (Fsp3) is 0.429. The molecule has 0 radical (unpaired) electrons. The molecule has 0 atom stereocenters. The molecular formula is C14H17NO5. The summed E-state index contributed by atoms with van der Waals surface area (Å²) in [5.41, 5.74) is -0.705. The monoisotopic (exact) mass is 279 g/mol. The lowest BCUT2D eigenvalue weighted by molar-refractivity contribution is -0.141. The van der Waals surface area contributed by atoms with Gasteiger partial charge in [0.05, 0.1) is 5.69 Å². The molecule has 1 amide bonds. The van der Waals surface area contributed by atoms with Gasteiger partial charge in [0, 0.05) is 6.07 Å². The Morgan fingerprint density at radius 2 is 2.00 bits per heavy atom. The number of aromatic hydroxyl groups is 1. The van der Waals surface area contributed by atoms with Crippen molar-refractivity contribution in [1.82, 2.24) is 0 Å². The number of hydrogen-bond acceptors (Lipinski definition) is 4. The molecule has 1 aliphatic heterocycles. The van der Waals surface area contributed by atoms with Crippen LogP contribution in [0, 0.1) is 0 Å². The summed E-state index contributed by atoms with van der Waals surface area (Å²) in [5, 5.41) is 18.5. The average molecular weight is 279 g/mol. The van der Waals surface area contributed by atoms with Crippen LogP contribution in [0.15, 0.2) is 18.2 Å². The van der Waals surface area contributed by atoms with Crippen LogP contribution < -0.4 is 9.64 Å². The van der Waals surface area contributed by atoms with Gasteiger partial charge in [-0.3, -0.25) is 14.5 Å². The second kappa shape index (κ2) is 5.03. The number of ether oxygens (including phenoxy) is 1. The summed E-state index contributed by atoms with van der Waals surface area (Å²) in [6.45, 7) is 3.20. The molecule has 0 saturated carbocycles. The number of phenols is 1. The van der Waals surface area contributed by atoms with E-state index in [2.05, 4.69) is 0 Å². The summed E-state index contributed by atoms with van der Waals surface area (Å²) in [4.78, 5) is 24.8. The zero-order valence-corrected chi connectivity index (χ0v) is 11.4. The van der Waals surface area contributed by atoms with Gasteiger partial charge in [0.15, 0.2) is 5.60 Å². The number of carbonyl (C=O) groups excluding carboxylic acids is 1. The predicted molar refractivity (Wildman–Crippen MR) is 72.0 cm³/mol. The van der Waals surface area contributed by atoms with E-state index in [1.54, 1.807) is 0 Å². The van der Waals surface area contributed by atoms with E-state index in [0.29, 0.717) is 24.3 Å². The molecule has 6 nitrogen and oxygen atoms in total. The van der Waals surface area contributed by atoms with Crippen LogP contribution in [-0.2, 0) is 9.59 Å². The van der Waals surface area contributed by atoms with Crippen LogP contribution in [0.3, 0.4) is 0 Å². The van der Waals surface area contributed by atoms with Gasteiger partial charge in [0.2, 0.25) is 0 Å². The van der Waals surface area contributed by atoms with Crippen LogP contribution >= 0.6 is 0 Å². The van der Waals surface area contributed by atoms with Gasteiger partial charge >= 0.3 is 5.97 Å². The molecule has 1 aliphatic rings. The van der Waals surface area contributed by atoms with E-state index in [1.165, 1.54) is 23.1 Å². The molecule has 0 saturated heterocycles. The Labute approximate surface area is 116 Å². The molecule has 0 fully saturated rings. The molecule has 0 spiro atoms. The maximum atomic E-state index is 12.6. The number of carboxylic acid groups (broad SMARTS) is 1. The molecule has 108 valence electrons. The minimum atomic E-state index is -1.10. The van der Waals surface area contributed by atoms with E-state index >= 15 is 0 Å². The highest BCUT2D eigenvalue weighted by atomic mass is 16.5. The van der Waals surface area contributed by atoms with Crippen molar-refractivity contribution in [1.29, 1.82) is 0 Å². The van der Waals surface area contributed by atoms with Gasteiger partial charge < -0.3 is 14.9 Å². The summed E-state index contributed by atoms with van der Waals surface area (Å²) in [6.07, 6.45) is 0.848. The zero-order valence-electron chi connectivity index (χ0n) is 11.4. The Morgan fingerprint density at radius 3 is 2.55 bits per heavy atom. The van der Waals surface area contributed by atoms with E-state index in [0.717, 1.165) is 0 Å². The van der Waals surface area contributed by atoms with E-state index in [9.17, 15) is 14.7 Å². The maximum Gasteiger partial charge on any atom is 0.323 e. The molecule has 0 unspecified atom stereocenters. The number of amides is 1. The molecule has 1 aromatic rings. The first kappa shape index (κ1) is 14.2. The van der Waals surface area contributed by atoms with Crippen molar-refractivity contribution in [2.24, 2.45) is 0 Å². The highest BCUT2D eigenvalue weighted by molar-refractivity contribution is 6.05. The molecular weight excluding hydrogens is 262 g/mol. The van der Waals surface area contributed by atoms with Crippen LogP contribution in [0.2, 0.25) is 0 Å². The van der Waals surface area contributed by atoms with Gasteiger partial charge in [-0.15, -0.1) is 0 Å². The molecule has 2 rings (SSSR count). The van der Waals surface area contributed by atoms with Crippen molar-refractivity contribution in [2.45, 2.75) is 32.3 Å². The Kier molecular flexibility index (Phi) is 3.57. The molecule has 2 N–H and O–H groups in total. The largest absolute Gasteiger partial charge is 0.508 e. The van der Waals surface area contributed by atoms with E-state index in [1.807, 2.05) is 13.8 Å². The second-order valence-corrected chi connectivity index (χ2v) is 4.74. The molecule has 0 bridgehead atoms. The van der Waals surface area contributed by atoms with Gasteiger partial charge in [0.25, 0.3) is 5.91 Å². The summed E-state index contributed by atoms with van der Waals surface area (Å²) in [5.74, 6) is -1.12. The summed E-state index contributed by atoms with van der Waals surface area (Å²) >= 11 is 0. The third-order valence-corrected chi connectivity index (χ3v) is 3.61. The minimum absolute atomic E-state index is 0.00878. The van der Waals surface area contributed by atoms with Crippen LogP contribution in [0.4, 0.5) is 5.69 Å². The quantitative estimate of drug-likeness (QED) is 0.877. The second-order valence-electron chi connectivity index (χ2n) is 4.74. The molecule has 1 heterocycles. The van der Waals surface area contributed by atoms with Crippen molar-refractivity contribution in [3.63, 3.8) is 0 Å². The number of fused-ring (bicyclic) bond motifs is 1. The van der Waals surface area contributed by atoms with Crippen LogP contribution in [0.5, 0.6) is 11.5 Å². The molecule has 0 aliphatic carbocycles. The van der Waals surface area contributed by atoms with E-state index in [4.69, 9.17) is 9.84 Å². The number of aliphatic carboxylic acids is 1. The zero-order chi connectivity index (χ0) is 14.9. The summed E-state index contributed by atoms with van der Waals surface area (Å²) < 4.78 is 5.78. The van der Waals surface area contributed by atoms with Gasteiger partial charge in [-0.05, 0) is 25.0 Å². The molecule has 20 heavy (non-hydrogen) atoms. The minimum Gasteiger partial charge on any atom is -0.508 e. The normalized spacial score (nSPS) is 16.5. The van der Waals surface area contributed by atoms with Crippen molar-refractivity contribution in [3.8, 4) is 11.5 Å². The van der Waals surface area contributed by atoms with Crippen LogP contribution in [-0.4, -0.2) is 34.2 Å². The van der Waals surface area contributed by atoms with Crippen molar-refractivity contribution >= 4 is 17.6 Å². The predicted octanol–water partition coefficient (Wildman–Crippen LogP) is 1.76. The number of nitrogens with zero attached hydrogens (tertiary/aromatic N) is 1. The Balaban J connectivity index is 2.55. The fourth-order valence-electron chi connectivity index (χ4n) is 2.41. The van der Waals surface area contributed by atoms with Gasteiger partial charge in [-0.1, -0.05) is 13.8 Å². The fourth-order valence-corrected chi connectivity index (χ4v) is 2.41. The van der Waals surface area contributed by atoms with Gasteiger partial charge in [-0.25, -0.2) is 0 Å². The highest BCUT2D eigenvalue weighted by Gasteiger charge is 2.46. The molecule has 6 heteroatoms. The number of carboxylic acids is 1. The van der Waals surface area contributed by atoms with Crippen molar-refractivity contribution in [2.75, 3.05) is 11.4 Å². The van der Waals surface area contributed by atoms with Crippen molar-refractivity contribution in [3.05, 3.63) is 18.2 Å². The average Bonchev–Trinajstić information content (AvgIpc) is 2.41. The Morgan fingerprint density at radius 1 is 1.35 bits per heavy atom. The van der Waals surface area contributed by atoms with E-state index in [-0.39, 0.29) is 11.7 Å². The third-order valence-electron chi connectivity index (χ3n) is 3.61. The molecule has 0 aromatic heterocycles. The lowest BCUT2D eigenvalue weighted by Crippen LogP contribution is -2.56. The molecule has 1 aromatic carbocycles. The first-order valence-electron chi connectivity index (χ1n) is 6.49. The smallest absolute Gasteiger partial charge is 0.323 e.